The van der Waals surface area contributed by atoms with Crippen molar-refractivity contribution in [2.75, 3.05) is 0 Å². The number of rotatable bonds is 7. The minimum absolute atomic E-state index is 0.128. The number of H-pyrrole nitrogens is 1. The van der Waals surface area contributed by atoms with Crippen LogP contribution in [0.4, 0.5) is 0 Å². The molecule has 0 fully saturated rings. The lowest BCUT2D eigenvalue weighted by atomic mass is 9.90. The number of carbonyl (C=O) groups excluding carboxylic acids is 1. The lowest BCUT2D eigenvalue weighted by Crippen LogP contribution is -2.47. The highest BCUT2D eigenvalue weighted by molar-refractivity contribution is 5.89. The van der Waals surface area contributed by atoms with Gasteiger partial charge in [0.15, 0.2) is 6.10 Å². The molecule has 0 saturated carbocycles. The molecule has 2 aromatic carbocycles. The normalized spacial score (nSPS) is 14.8. The summed E-state index contributed by atoms with van der Waals surface area (Å²) in [6.07, 6.45) is 4.50. The third-order valence-electron chi connectivity index (χ3n) is 6.98. The number of ether oxygens (including phenoxy) is 1. The van der Waals surface area contributed by atoms with Crippen molar-refractivity contribution < 1.29 is 23.8 Å². The molecule has 0 bridgehead atoms. The molecule has 0 saturated heterocycles. The van der Waals surface area contributed by atoms with Gasteiger partial charge in [0, 0.05) is 40.0 Å². The van der Waals surface area contributed by atoms with E-state index in [-0.39, 0.29) is 12.0 Å². The molecule has 0 spiro atoms. The van der Waals surface area contributed by atoms with Gasteiger partial charge in [0.25, 0.3) is 5.91 Å². The lowest BCUT2D eigenvalue weighted by Gasteiger charge is -2.21. The predicted molar refractivity (Wildman–Crippen MR) is 136 cm³/mol. The third kappa shape index (κ3) is 4.34. The van der Waals surface area contributed by atoms with E-state index in [1.54, 1.807) is 26.1 Å². The van der Waals surface area contributed by atoms with E-state index in [4.69, 9.17) is 9.15 Å². The van der Waals surface area contributed by atoms with E-state index in [0.717, 1.165) is 58.7 Å². The largest absolute Gasteiger partial charge is 0.480 e. The number of benzene rings is 2. The number of amides is 1. The van der Waals surface area contributed by atoms with Gasteiger partial charge in [-0.1, -0.05) is 18.2 Å². The first-order chi connectivity index (χ1) is 17.3. The predicted octanol–water partition coefficient (Wildman–Crippen LogP) is 4.04. The summed E-state index contributed by atoms with van der Waals surface area (Å²) in [7, 11) is 0. The van der Waals surface area contributed by atoms with E-state index in [1.807, 2.05) is 30.3 Å². The Morgan fingerprint density at radius 1 is 1.11 bits per heavy atom. The molecule has 5 rings (SSSR count). The second-order valence-corrected chi connectivity index (χ2v) is 9.34. The lowest BCUT2D eigenvalue weighted by molar-refractivity contribution is -0.142. The van der Waals surface area contributed by atoms with E-state index in [1.165, 1.54) is 0 Å². The summed E-state index contributed by atoms with van der Waals surface area (Å²) in [5.41, 5.74) is 4.28. The Morgan fingerprint density at radius 2 is 1.86 bits per heavy atom. The van der Waals surface area contributed by atoms with Crippen LogP contribution >= 0.6 is 0 Å². The number of aryl methyl sites for hydroxylation is 2. The molecule has 4 aromatic rings. The molecule has 8 nitrogen and oxygen atoms in total. The van der Waals surface area contributed by atoms with Crippen molar-refractivity contribution in [3.8, 4) is 5.75 Å². The molecule has 36 heavy (non-hydrogen) atoms. The molecule has 2 heterocycles. The quantitative estimate of drug-likeness (QED) is 0.338. The fourth-order valence-corrected chi connectivity index (χ4v) is 5.01. The van der Waals surface area contributed by atoms with E-state index < -0.39 is 24.0 Å². The molecule has 2 aromatic heterocycles. The van der Waals surface area contributed by atoms with Gasteiger partial charge in [0.1, 0.15) is 17.4 Å². The number of aromatic nitrogens is 1. The number of fused-ring (bicyclic) bond motifs is 4. The van der Waals surface area contributed by atoms with Crippen LogP contribution in [0, 0.1) is 6.92 Å². The molecular weight excluding hydrogens is 460 g/mol. The van der Waals surface area contributed by atoms with E-state index in [0.29, 0.717) is 16.9 Å². The van der Waals surface area contributed by atoms with Crippen LogP contribution in [0.5, 0.6) is 5.75 Å². The van der Waals surface area contributed by atoms with Crippen LogP contribution in [0.15, 0.2) is 51.8 Å². The third-order valence-corrected chi connectivity index (χ3v) is 6.98. The summed E-state index contributed by atoms with van der Waals surface area (Å²) < 4.78 is 11.6. The number of carboxylic acid groups (broad SMARTS) is 1. The number of aromatic amines is 1. The highest BCUT2D eigenvalue weighted by atomic mass is 16.5. The Bertz CT molecular complexity index is 1530. The topological polar surface area (TPSA) is 122 Å². The number of hydrogen-bond donors (Lipinski definition) is 3. The minimum Gasteiger partial charge on any atom is -0.480 e. The molecule has 8 heteroatoms. The Balaban J connectivity index is 1.34. The summed E-state index contributed by atoms with van der Waals surface area (Å²) in [5.74, 6) is -1.27. The number of para-hydroxylation sites is 1. The summed E-state index contributed by atoms with van der Waals surface area (Å²) in [6.45, 7) is 3.35. The first-order valence-electron chi connectivity index (χ1n) is 12.2. The van der Waals surface area contributed by atoms with Crippen molar-refractivity contribution in [3.63, 3.8) is 0 Å². The van der Waals surface area contributed by atoms with Gasteiger partial charge in [0.05, 0.1) is 0 Å². The number of carboxylic acids is 1. The highest BCUT2D eigenvalue weighted by Crippen LogP contribution is 2.33. The van der Waals surface area contributed by atoms with Gasteiger partial charge < -0.3 is 24.6 Å². The van der Waals surface area contributed by atoms with Crippen LogP contribution in [-0.2, 0) is 28.9 Å². The summed E-state index contributed by atoms with van der Waals surface area (Å²) in [6, 6.07) is 10.1. The SMILES string of the molecule is Cc1c(OC(C)C(=O)N[C@@H](Cc2c[nH]c3ccccc23)C(=O)O)ccc2c3c(c(=O)oc12)CCCC3. The van der Waals surface area contributed by atoms with Crippen LogP contribution in [0.1, 0.15) is 42.0 Å². The second-order valence-electron chi connectivity index (χ2n) is 9.34. The molecule has 0 aliphatic heterocycles. The van der Waals surface area contributed by atoms with Crippen LogP contribution < -0.4 is 15.7 Å². The molecular formula is C28H28N2O6. The van der Waals surface area contributed by atoms with Gasteiger partial charge >= 0.3 is 11.6 Å². The summed E-state index contributed by atoms with van der Waals surface area (Å²) >= 11 is 0. The molecule has 2 atom stereocenters. The Hall–Kier alpha value is -4.07. The fourth-order valence-electron chi connectivity index (χ4n) is 5.01. The summed E-state index contributed by atoms with van der Waals surface area (Å²) in [5, 5.41) is 14.2. The fraction of sp³-hybridized carbons (Fsp3) is 0.321. The first-order valence-corrected chi connectivity index (χ1v) is 12.2. The molecule has 3 N–H and O–H groups in total. The standard InChI is InChI=1S/C28H28N2O6/c1-15-24(12-11-20-19-8-3-4-9-21(19)28(34)36-25(15)20)35-16(2)26(31)30-23(27(32)33)13-17-14-29-22-10-6-5-7-18(17)22/h5-7,10-12,14,16,23,29H,3-4,8-9,13H2,1-2H3,(H,30,31)(H,32,33)/t16?,23-/m0/s1. The van der Waals surface area contributed by atoms with Gasteiger partial charge in [-0.15, -0.1) is 0 Å². The second kappa shape index (κ2) is 9.53. The number of nitrogens with one attached hydrogen (secondary N) is 2. The van der Waals surface area contributed by atoms with Gasteiger partial charge in [-0.25, -0.2) is 9.59 Å². The smallest absolute Gasteiger partial charge is 0.339 e. The van der Waals surface area contributed by atoms with Gasteiger partial charge in [0.2, 0.25) is 0 Å². The monoisotopic (exact) mass is 488 g/mol. The van der Waals surface area contributed by atoms with Crippen molar-refractivity contribution in [2.24, 2.45) is 0 Å². The number of carbonyl (C=O) groups is 2. The molecule has 1 aliphatic rings. The van der Waals surface area contributed by atoms with Crippen molar-refractivity contribution in [2.45, 2.75) is 58.1 Å². The van der Waals surface area contributed by atoms with Crippen molar-refractivity contribution in [1.29, 1.82) is 0 Å². The molecule has 186 valence electrons. The maximum Gasteiger partial charge on any atom is 0.339 e. The summed E-state index contributed by atoms with van der Waals surface area (Å²) in [4.78, 5) is 40.5. The Kier molecular flexibility index (Phi) is 6.26. The molecule has 0 radical (unpaired) electrons. The zero-order valence-corrected chi connectivity index (χ0v) is 20.2. The highest BCUT2D eigenvalue weighted by Gasteiger charge is 2.26. The Labute approximate surface area is 207 Å². The van der Waals surface area contributed by atoms with Crippen LogP contribution in [0.2, 0.25) is 0 Å². The molecule has 1 unspecified atom stereocenters. The average Bonchev–Trinajstić information content (AvgIpc) is 3.28. The van der Waals surface area contributed by atoms with Crippen molar-refractivity contribution in [1.82, 2.24) is 10.3 Å². The van der Waals surface area contributed by atoms with Crippen molar-refractivity contribution >= 4 is 33.7 Å². The van der Waals surface area contributed by atoms with E-state index >= 15 is 0 Å². The minimum atomic E-state index is -1.13. The number of hydrogen-bond acceptors (Lipinski definition) is 5. The first kappa shape index (κ1) is 23.7. The van der Waals surface area contributed by atoms with E-state index in [9.17, 15) is 19.5 Å². The zero-order valence-electron chi connectivity index (χ0n) is 20.2. The van der Waals surface area contributed by atoms with Crippen molar-refractivity contribution in [3.05, 3.63) is 75.3 Å². The van der Waals surface area contributed by atoms with Crippen LogP contribution in [-0.4, -0.2) is 34.1 Å². The zero-order chi connectivity index (χ0) is 25.4. The van der Waals surface area contributed by atoms with Crippen LogP contribution in [0.3, 0.4) is 0 Å². The van der Waals surface area contributed by atoms with Gasteiger partial charge in [-0.2, -0.15) is 0 Å². The van der Waals surface area contributed by atoms with Gasteiger partial charge in [-0.05, 0) is 68.9 Å². The maximum absolute atomic E-state index is 12.9. The maximum atomic E-state index is 12.9. The van der Waals surface area contributed by atoms with E-state index in [2.05, 4.69) is 10.3 Å². The molecule has 1 aliphatic carbocycles. The average molecular weight is 489 g/mol. The molecule has 1 amide bonds. The van der Waals surface area contributed by atoms with Crippen LogP contribution in [0.25, 0.3) is 21.9 Å². The Morgan fingerprint density at radius 3 is 2.64 bits per heavy atom. The number of aliphatic carboxylic acids is 1. The van der Waals surface area contributed by atoms with Gasteiger partial charge in [-0.3, -0.25) is 4.79 Å².